The lowest BCUT2D eigenvalue weighted by Gasteiger charge is -2.26. The Morgan fingerprint density at radius 1 is 0.382 bits per heavy atom. The number of hydrogen-bond acceptors (Lipinski definition) is 3. The van der Waals surface area contributed by atoms with Crippen LogP contribution < -0.4 is 9.80 Å². The number of thiophene rings is 1. The average Bonchev–Trinajstić information content (AvgIpc) is 3.49. The highest BCUT2D eigenvalue weighted by Crippen LogP contribution is 2.41. The van der Waals surface area contributed by atoms with E-state index < -0.39 is 0 Å². The number of para-hydroxylation sites is 2. The normalized spacial score (nSPS) is 11.6. The molecule has 0 spiro atoms. The van der Waals surface area contributed by atoms with Crippen molar-refractivity contribution in [3.63, 3.8) is 0 Å². The summed E-state index contributed by atoms with van der Waals surface area (Å²) < 4.78 is 0. The molecule has 6 aromatic carbocycles. The minimum atomic E-state index is 1.12. The molecule has 0 N–H and O–H groups in total. The molecular formula is C52H50N2S. The monoisotopic (exact) mass is 734 g/mol. The summed E-state index contributed by atoms with van der Waals surface area (Å²) >= 11 is 1.88. The van der Waals surface area contributed by atoms with Crippen LogP contribution in [0.15, 0.2) is 174 Å². The molecular weight excluding hydrogens is 685 g/mol. The molecule has 1 aromatic heterocycles. The predicted octanol–water partition coefficient (Wildman–Crippen LogP) is 16.1. The third-order valence-corrected chi connectivity index (χ3v) is 12.5. The van der Waals surface area contributed by atoms with E-state index in [9.17, 15) is 0 Å². The van der Waals surface area contributed by atoms with Gasteiger partial charge >= 0.3 is 0 Å². The van der Waals surface area contributed by atoms with Crippen LogP contribution in [0.1, 0.15) is 56.2 Å². The number of hydrogen-bond donors (Lipinski definition) is 0. The predicted molar refractivity (Wildman–Crippen MR) is 241 cm³/mol. The molecule has 0 fully saturated rings. The molecule has 2 nitrogen and oxygen atoms in total. The zero-order chi connectivity index (χ0) is 38.6. The van der Waals surface area contributed by atoms with Crippen LogP contribution in [0.3, 0.4) is 0 Å². The van der Waals surface area contributed by atoms with Gasteiger partial charge in [0.05, 0.1) is 0 Å². The van der Waals surface area contributed by atoms with Crippen molar-refractivity contribution in [1.82, 2.24) is 0 Å². The Hall–Kier alpha value is -5.90. The molecule has 7 rings (SSSR count). The third-order valence-electron chi connectivity index (χ3n) is 11.1. The fourth-order valence-corrected chi connectivity index (χ4v) is 8.34. The van der Waals surface area contributed by atoms with Crippen LogP contribution in [-0.4, -0.2) is 0 Å². The summed E-state index contributed by atoms with van der Waals surface area (Å²) in [6, 6.07) is 57.1. The third kappa shape index (κ3) is 7.85. The maximum Gasteiger partial charge on any atom is 0.0462 e. The number of anilines is 6. The number of rotatable bonds is 10. The van der Waals surface area contributed by atoms with Crippen molar-refractivity contribution < 1.29 is 0 Å². The van der Waals surface area contributed by atoms with Gasteiger partial charge in [0.2, 0.25) is 0 Å². The Kier molecular flexibility index (Phi) is 11.0. The van der Waals surface area contributed by atoms with E-state index in [4.69, 9.17) is 0 Å². The molecule has 0 radical (unpaired) electrons. The summed E-state index contributed by atoms with van der Waals surface area (Å²) in [5.41, 5.74) is 19.8. The fourth-order valence-electron chi connectivity index (χ4n) is 7.17. The summed E-state index contributed by atoms with van der Waals surface area (Å²) in [5.74, 6) is 0. The largest absolute Gasteiger partial charge is 0.311 e. The lowest BCUT2D eigenvalue weighted by molar-refractivity contribution is 1.22. The molecule has 1 heterocycles. The van der Waals surface area contributed by atoms with Crippen molar-refractivity contribution in [3.05, 3.63) is 196 Å². The second-order valence-corrected chi connectivity index (χ2v) is 15.9. The zero-order valence-electron chi connectivity index (χ0n) is 33.3. The van der Waals surface area contributed by atoms with Gasteiger partial charge in [-0.3, -0.25) is 0 Å². The SMILES string of the molecule is CC(C)=C(C)/C(C)=C(\C)c1ccc(N(c2ccccc2)c2ccc(-c3ccc(N(c4ccccc4)c4ccc(-c5sc(C)c(C)c5C)cc4)cc3)cc2)cc1. The van der Waals surface area contributed by atoms with E-state index in [1.165, 1.54) is 65.4 Å². The Balaban J connectivity index is 1.17. The second-order valence-electron chi connectivity index (χ2n) is 14.6. The summed E-state index contributed by atoms with van der Waals surface area (Å²) in [4.78, 5) is 7.41. The van der Waals surface area contributed by atoms with Gasteiger partial charge in [-0.05, 0) is 178 Å². The van der Waals surface area contributed by atoms with Gasteiger partial charge in [0.1, 0.15) is 0 Å². The Morgan fingerprint density at radius 3 is 1.11 bits per heavy atom. The summed E-state index contributed by atoms with van der Waals surface area (Å²) in [6.45, 7) is 17.7. The highest BCUT2D eigenvalue weighted by Gasteiger charge is 2.16. The van der Waals surface area contributed by atoms with Crippen molar-refractivity contribution in [1.29, 1.82) is 0 Å². The quantitative estimate of drug-likeness (QED) is 0.129. The van der Waals surface area contributed by atoms with E-state index in [-0.39, 0.29) is 0 Å². The Labute approximate surface area is 332 Å². The van der Waals surface area contributed by atoms with E-state index in [0.29, 0.717) is 0 Å². The highest BCUT2D eigenvalue weighted by molar-refractivity contribution is 7.15. The maximum atomic E-state index is 2.33. The highest BCUT2D eigenvalue weighted by atomic mass is 32.1. The van der Waals surface area contributed by atoms with Gasteiger partial charge in [0.15, 0.2) is 0 Å². The minimum absolute atomic E-state index is 1.12. The first-order valence-electron chi connectivity index (χ1n) is 19.1. The smallest absolute Gasteiger partial charge is 0.0462 e. The van der Waals surface area contributed by atoms with E-state index in [1.54, 1.807) is 0 Å². The fraction of sp³-hybridized carbons (Fsp3) is 0.154. The van der Waals surface area contributed by atoms with Crippen LogP contribution in [0.5, 0.6) is 0 Å². The molecule has 7 aromatic rings. The molecule has 0 aliphatic heterocycles. The molecule has 0 unspecified atom stereocenters. The van der Waals surface area contributed by atoms with Gasteiger partial charge in [0.25, 0.3) is 0 Å². The van der Waals surface area contributed by atoms with Gasteiger partial charge in [-0.2, -0.15) is 0 Å². The van der Waals surface area contributed by atoms with Crippen LogP contribution in [0.25, 0.3) is 27.1 Å². The molecule has 274 valence electrons. The molecule has 55 heavy (non-hydrogen) atoms. The number of aryl methyl sites for hydroxylation is 1. The number of nitrogens with zero attached hydrogens (tertiary/aromatic N) is 2. The first-order valence-corrected chi connectivity index (χ1v) is 19.9. The van der Waals surface area contributed by atoms with Gasteiger partial charge in [-0.15, -0.1) is 11.3 Å². The molecule has 0 saturated carbocycles. The zero-order valence-corrected chi connectivity index (χ0v) is 34.1. The first-order chi connectivity index (χ1) is 26.6. The van der Waals surface area contributed by atoms with Crippen molar-refractivity contribution >= 4 is 51.0 Å². The van der Waals surface area contributed by atoms with Crippen molar-refractivity contribution in [2.24, 2.45) is 0 Å². The van der Waals surface area contributed by atoms with Gasteiger partial charge < -0.3 is 9.80 Å². The number of benzene rings is 6. The van der Waals surface area contributed by atoms with Crippen LogP contribution >= 0.6 is 11.3 Å². The lowest BCUT2D eigenvalue weighted by Crippen LogP contribution is -2.10. The maximum absolute atomic E-state index is 2.33. The summed E-state index contributed by atoms with van der Waals surface area (Å²) in [6.07, 6.45) is 0. The van der Waals surface area contributed by atoms with E-state index in [2.05, 4.69) is 223 Å². The molecule has 0 aliphatic rings. The van der Waals surface area contributed by atoms with Crippen molar-refractivity contribution in [2.75, 3.05) is 9.80 Å². The van der Waals surface area contributed by atoms with E-state index >= 15 is 0 Å². The topological polar surface area (TPSA) is 6.48 Å². The average molecular weight is 735 g/mol. The molecule has 0 saturated heterocycles. The summed E-state index contributed by atoms with van der Waals surface area (Å²) in [5, 5.41) is 0. The van der Waals surface area contributed by atoms with Crippen LogP contribution in [0.4, 0.5) is 34.1 Å². The Bertz CT molecular complexity index is 2450. The van der Waals surface area contributed by atoms with E-state index in [0.717, 1.165) is 34.1 Å². The molecule has 0 amide bonds. The van der Waals surface area contributed by atoms with Crippen molar-refractivity contribution in [3.8, 4) is 21.6 Å². The van der Waals surface area contributed by atoms with Crippen LogP contribution in [0.2, 0.25) is 0 Å². The molecule has 0 atom stereocenters. The van der Waals surface area contributed by atoms with Crippen LogP contribution in [0, 0.1) is 20.8 Å². The lowest BCUT2D eigenvalue weighted by atomic mass is 9.95. The van der Waals surface area contributed by atoms with Gasteiger partial charge in [-0.25, -0.2) is 0 Å². The minimum Gasteiger partial charge on any atom is -0.311 e. The summed E-state index contributed by atoms with van der Waals surface area (Å²) in [7, 11) is 0. The van der Waals surface area contributed by atoms with Crippen molar-refractivity contribution in [2.45, 2.75) is 55.4 Å². The molecule has 0 bridgehead atoms. The Morgan fingerprint density at radius 2 is 0.745 bits per heavy atom. The first kappa shape index (κ1) is 37.4. The van der Waals surface area contributed by atoms with Crippen LogP contribution in [-0.2, 0) is 0 Å². The standard InChI is InChI=1S/C52H50N2S/c1-35(2)36(3)37(4)39(6)42-19-27-48(28-20-42)53(46-15-11-9-12-16-46)49-29-21-43(22-30-49)44-23-31-50(32-24-44)54(47-17-13-10-14-18-47)51-33-25-45(26-34-51)52-40(7)38(5)41(8)55-52/h9-34H,1-8H3/b39-37+. The second kappa shape index (κ2) is 16.2. The molecule has 0 aliphatic carbocycles. The van der Waals surface area contributed by atoms with E-state index in [1.807, 2.05) is 11.3 Å². The molecule has 3 heteroatoms. The number of allylic oxidation sites excluding steroid dienone is 4. The van der Waals surface area contributed by atoms with Gasteiger partial charge in [-0.1, -0.05) is 90.5 Å². The van der Waals surface area contributed by atoms with Gasteiger partial charge in [0, 0.05) is 43.9 Å².